The number of nitrogen functional groups attached to an aromatic ring is 3. The monoisotopic (exact) mass is 278 g/mol. The average molecular weight is 278 g/mol. The molecule has 0 amide bonds. The third-order valence-corrected chi connectivity index (χ3v) is 1.63. The van der Waals surface area contributed by atoms with Gasteiger partial charge < -0.3 is 25.5 Å². The van der Waals surface area contributed by atoms with Crippen molar-refractivity contribution in [1.29, 1.82) is 0 Å². The van der Waals surface area contributed by atoms with Crippen molar-refractivity contribution in [1.82, 2.24) is 15.0 Å². The molecule has 0 aliphatic heterocycles. The molecule has 2 aromatic rings. The first-order valence-corrected chi connectivity index (χ1v) is 4.62. The molecule has 0 unspecified atom stereocenters. The van der Waals surface area contributed by atoms with Crippen molar-refractivity contribution in [3.63, 3.8) is 0 Å². The quantitative estimate of drug-likeness (QED) is 0.560. The summed E-state index contributed by atoms with van der Waals surface area (Å²) in [7, 11) is 0. The molecule has 96 valence electrons. The van der Waals surface area contributed by atoms with E-state index in [0.29, 0.717) is 0 Å². The maximum Gasteiger partial charge on any atom is 2.00 e. The fourth-order valence-electron chi connectivity index (χ4n) is 0.961. The van der Waals surface area contributed by atoms with Crippen LogP contribution in [0.5, 0.6) is 0 Å². The third kappa shape index (κ3) is 8.02. The summed E-state index contributed by atoms with van der Waals surface area (Å²) in [6.07, 6.45) is 0. The molecule has 0 bridgehead atoms. The van der Waals surface area contributed by atoms with E-state index in [9.17, 15) is 0 Å². The molecular weight excluding hydrogens is 260 g/mol. The molecule has 0 radical (unpaired) electrons. The van der Waals surface area contributed by atoms with Gasteiger partial charge >= 0.3 is 37.7 Å². The maximum atomic E-state index is 5.14. The molecule has 0 spiro atoms. The van der Waals surface area contributed by atoms with Gasteiger partial charge in [-0.2, -0.15) is 15.0 Å². The zero-order chi connectivity index (χ0) is 12.0. The molecular formula is C10H18CaN6O. The predicted octanol–water partition coefficient (Wildman–Crippen LogP) is -0.367. The zero-order valence-electron chi connectivity index (χ0n) is 12.2. The summed E-state index contributed by atoms with van der Waals surface area (Å²) < 4.78 is 0. The Bertz CT molecular complexity index is 412. The van der Waals surface area contributed by atoms with Crippen molar-refractivity contribution in [2.24, 2.45) is 0 Å². The number of hydrogen-bond acceptors (Lipinski definition) is 6. The Labute approximate surface area is 138 Å². The Morgan fingerprint density at radius 3 is 1.39 bits per heavy atom. The van der Waals surface area contributed by atoms with E-state index in [1.807, 2.05) is 18.2 Å². The van der Waals surface area contributed by atoms with Gasteiger partial charge in [0.25, 0.3) is 0 Å². The summed E-state index contributed by atoms with van der Waals surface area (Å²) in [6.45, 7) is 2.08. The van der Waals surface area contributed by atoms with Gasteiger partial charge in [0.15, 0.2) is 0 Å². The van der Waals surface area contributed by atoms with Gasteiger partial charge in [0, 0.05) is 0 Å². The minimum Gasteiger partial charge on any atom is -1.00 e. The molecule has 7 nitrogen and oxygen atoms in total. The van der Waals surface area contributed by atoms with Gasteiger partial charge in [0.05, 0.1) is 0 Å². The van der Waals surface area contributed by atoms with Crippen LogP contribution in [-0.2, 0) is 0 Å². The van der Waals surface area contributed by atoms with Gasteiger partial charge in [0.2, 0.25) is 17.8 Å². The Kier molecular flexibility index (Phi) is 10.5. The second-order valence-electron chi connectivity index (χ2n) is 3.06. The molecule has 1 aromatic heterocycles. The van der Waals surface area contributed by atoms with Gasteiger partial charge in [-0.05, 0) is 6.92 Å². The molecule has 8 heteroatoms. The summed E-state index contributed by atoms with van der Waals surface area (Å²) in [4.78, 5) is 10.5. The zero-order valence-corrected chi connectivity index (χ0v) is 12.4. The van der Waals surface area contributed by atoms with Crippen LogP contribution in [0.2, 0.25) is 0 Å². The van der Waals surface area contributed by atoms with Gasteiger partial charge in [-0.25, -0.2) is 0 Å². The minimum atomic E-state index is 0. The molecule has 0 atom stereocenters. The first-order chi connectivity index (χ1) is 7.58. The molecule has 8 N–H and O–H groups in total. The van der Waals surface area contributed by atoms with Crippen LogP contribution in [-0.4, -0.2) is 58.2 Å². The predicted molar refractivity (Wildman–Crippen MR) is 75.8 cm³/mol. The molecule has 2 rings (SSSR count). The van der Waals surface area contributed by atoms with E-state index < -0.39 is 0 Å². The summed E-state index contributed by atoms with van der Waals surface area (Å²) in [6, 6.07) is 10.3. The summed E-state index contributed by atoms with van der Waals surface area (Å²) in [5.41, 5.74) is 16.7. The van der Waals surface area contributed by atoms with Crippen LogP contribution in [0.15, 0.2) is 30.3 Å². The maximum absolute atomic E-state index is 5.14. The van der Waals surface area contributed by atoms with Crippen molar-refractivity contribution in [3.05, 3.63) is 35.9 Å². The Balaban J connectivity index is -0.000000109. The van der Waals surface area contributed by atoms with Crippen LogP contribution < -0.4 is 17.2 Å². The Morgan fingerprint density at radius 2 is 1.17 bits per heavy atom. The number of hydrogen-bond donors (Lipinski definition) is 3. The largest absolute Gasteiger partial charge is 2.00 e. The fourth-order valence-corrected chi connectivity index (χ4v) is 0.961. The van der Waals surface area contributed by atoms with Crippen molar-refractivity contribution >= 4 is 55.6 Å². The summed E-state index contributed by atoms with van der Waals surface area (Å²) in [5.74, 6) is 0.125. The van der Waals surface area contributed by atoms with E-state index in [4.69, 9.17) is 17.2 Å². The smallest absolute Gasteiger partial charge is 1.00 e. The van der Waals surface area contributed by atoms with Crippen molar-refractivity contribution in [2.45, 2.75) is 6.92 Å². The van der Waals surface area contributed by atoms with E-state index in [0.717, 1.165) is 0 Å². The van der Waals surface area contributed by atoms with Gasteiger partial charge in [-0.3, -0.25) is 0 Å². The number of nitrogens with zero attached hydrogens (tertiary/aromatic N) is 3. The van der Waals surface area contributed by atoms with Crippen LogP contribution in [0, 0.1) is 6.92 Å². The van der Waals surface area contributed by atoms with Crippen LogP contribution in [0.1, 0.15) is 8.42 Å². The first-order valence-electron chi connectivity index (χ1n) is 4.62. The third-order valence-electron chi connectivity index (χ3n) is 1.63. The molecule has 1 heterocycles. The number of nitrogens with two attached hydrogens (primary N) is 3. The van der Waals surface area contributed by atoms with E-state index in [-0.39, 0.29) is 63.9 Å². The second kappa shape index (κ2) is 9.84. The Hall–Kier alpha value is -1.15. The average Bonchev–Trinajstić information content (AvgIpc) is 2.17. The molecule has 18 heavy (non-hydrogen) atoms. The topological polar surface area (TPSA) is 148 Å². The van der Waals surface area contributed by atoms with Crippen LogP contribution >= 0.6 is 0 Å². The van der Waals surface area contributed by atoms with Crippen molar-refractivity contribution in [2.75, 3.05) is 17.2 Å². The number of benzene rings is 1. The number of anilines is 3. The fraction of sp³-hybridized carbons (Fsp3) is 0.100. The van der Waals surface area contributed by atoms with E-state index in [1.165, 1.54) is 5.56 Å². The summed E-state index contributed by atoms with van der Waals surface area (Å²) in [5, 5.41) is 0. The standard InChI is InChI=1S/C7H8.C3H6N6.Ca.H2O.2H/c1-7-5-3-2-4-6-7;4-1-7-2(5)9-3(6)8-1;;;;/h2-6H,1H3;(H6,4,5,6,7,8,9);;1H2;;/q;;+2;;2*-1. The van der Waals surface area contributed by atoms with Crippen molar-refractivity contribution < 1.29 is 8.33 Å². The number of aryl methyl sites for hydroxylation is 1. The molecule has 1 aromatic carbocycles. The number of rotatable bonds is 0. The van der Waals surface area contributed by atoms with E-state index in [2.05, 4.69) is 34.0 Å². The molecule has 0 fully saturated rings. The van der Waals surface area contributed by atoms with Gasteiger partial charge in [-0.1, -0.05) is 35.9 Å². The van der Waals surface area contributed by atoms with Crippen molar-refractivity contribution in [3.8, 4) is 0 Å². The van der Waals surface area contributed by atoms with Gasteiger partial charge in [-0.15, -0.1) is 0 Å². The molecule has 0 aliphatic carbocycles. The Morgan fingerprint density at radius 1 is 0.833 bits per heavy atom. The summed E-state index contributed by atoms with van der Waals surface area (Å²) >= 11 is 0. The second-order valence-corrected chi connectivity index (χ2v) is 3.06. The van der Waals surface area contributed by atoms with E-state index in [1.54, 1.807) is 0 Å². The molecule has 0 aliphatic rings. The molecule has 0 saturated heterocycles. The van der Waals surface area contributed by atoms with Crippen LogP contribution in [0.4, 0.5) is 17.8 Å². The SMILES string of the molecule is Cc1ccccc1.Nc1nc(N)nc(N)n1.O.[Ca+2].[H-].[H-]. The number of aromatic nitrogens is 3. The van der Waals surface area contributed by atoms with Crippen LogP contribution in [0.25, 0.3) is 0 Å². The minimum absolute atomic E-state index is 0. The van der Waals surface area contributed by atoms with Gasteiger partial charge in [0.1, 0.15) is 0 Å². The molecule has 0 saturated carbocycles. The normalized spacial score (nSPS) is 8.06. The van der Waals surface area contributed by atoms with Crippen LogP contribution in [0.3, 0.4) is 0 Å². The van der Waals surface area contributed by atoms with E-state index >= 15 is 0 Å². The first kappa shape index (κ1) is 19.2.